The Morgan fingerprint density at radius 2 is 2.10 bits per heavy atom. The Morgan fingerprint density at radius 3 is 2.70 bits per heavy atom. The number of carbonyl (C=O) groups excluding carboxylic acids is 1. The summed E-state index contributed by atoms with van der Waals surface area (Å²) >= 11 is 17.5. The van der Waals surface area contributed by atoms with Crippen LogP contribution in [-0.2, 0) is 11.3 Å². The van der Waals surface area contributed by atoms with Gasteiger partial charge in [-0.1, -0.05) is 41.7 Å². The molecule has 0 radical (unpaired) electrons. The largest absolute Gasteiger partial charge is 0.326 e. The molecule has 0 aliphatic carbocycles. The molecule has 0 aliphatic rings. The fourth-order valence-corrected chi connectivity index (χ4v) is 2.10. The highest BCUT2D eigenvalue weighted by Gasteiger charge is 2.14. The van der Waals surface area contributed by atoms with Crippen LogP contribution >= 0.6 is 34.8 Å². The summed E-state index contributed by atoms with van der Waals surface area (Å²) in [7, 11) is 0. The van der Waals surface area contributed by atoms with Gasteiger partial charge in [0.15, 0.2) is 0 Å². The van der Waals surface area contributed by atoms with Gasteiger partial charge in [-0.3, -0.25) is 9.48 Å². The number of hydrogen-bond donors (Lipinski definition) is 1. The van der Waals surface area contributed by atoms with Gasteiger partial charge in [0.1, 0.15) is 0 Å². The van der Waals surface area contributed by atoms with Crippen LogP contribution in [0.1, 0.15) is 6.92 Å². The van der Waals surface area contributed by atoms with Crippen molar-refractivity contribution in [2.24, 2.45) is 5.92 Å². The molecule has 1 atom stereocenters. The first kappa shape index (κ1) is 15.2. The van der Waals surface area contributed by atoms with Gasteiger partial charge in [0.05, 0.1) is 33.7 Å². The Kier molecular flexibility index (Phi) is 4.91. The maximum atomic E-state index is 12.1. The van der Waals surface area contributed by atoms with E-state index in [2.05, 4.69) is 10.4 Å². The van der Waals surface area contributed by atoms with E-state index in [1.165, 1.54) is 6.20 Å². The average Bonchev–Trinajstić information content (AvgIpc) is 2.79. The van der Waals surface area contributed by atoms with Gasteiger partial charge in [0.25, 0.3) is 0 Å². The number of benzene rings is 1. The van der Waals surface area contributed by atoms with E-state index in [0.717, 1.165) is 0 Å². The van der Waals surface area contributed by atoms with Gasteiger partial charge < -0.3 is 5.32 Å². The number of nitrogens with zero attached hydrogens (tertiary/aromatic N) is 2. The molecule has 0 saturated carbocycles. The van der Waals surface area contributed by atoms with E-state index in [1.54, 1.807) is 29.1 Å². The van der Waals surface area contributed by atoms with Crippen molar-refractivity contribution in [1.82, 2.24) is 9.78 Å². The van der Waals surface area contributed by atoms with Crippen LogP contribution in [0.15, 0.2) is 30.6 Å². The van der Waals surface area contributed by atoms with Gasteiger partial charge in [-0.25, -0.2) is 0 Å². The average molecular weight is 333 g/mol. The molecule has 2 aromatic rings. The van der Waals surface area contributed by atoms with Crippen LogP contribution in [0.3, 0.4) is 0 Å². The van der Waals surface area contributed by atoms with Crippen molar-refractivity contribution in [2.45, 2.75) is 13.5 Å². The van der Waals surface area contributed by atoms with E-state index in [-0.39, 0.29) is 11.8 Å². The molecule has 7 heteroatoms. The standard InChI is InChI=1S/C13H12Cl3N3O/c1-8(6-19-7-9(14)5-17-19)13(20)18-10-2-3-11(15)12(16)4-10/h2-5,7-8H,6H2,1H3,(H,18,20). The third-order valence-electron chi connectivity index (χ3n) is 2.70. The van der Waals surface area contributed by atoms with Crippen LogP contribution in [0.4, 0.5) is 5.69 Å². The summed E-state index contributed by atoms with van der Waals surface area (Å²) in [6.07, 6.45) is 3.20. The maximum Gasteiger partial charge on any atom is 0.229 e. The van der Waals surface area contributed by atoms with Gasteiger partial charge in [-0.05, 0) is 18.2 Å². The highest BCUT2D eigenvalue weighted by Crippen LogP contribution is 2.25. The molecule has 1 aromatic heterocycles. The second-order valence-electron chi connectivity index (χ2n) is 4.40. The molecule has 0 bridgehead atoms. The molecule has 1 aromatic carbocycles. The molecule has 0 spiro atoms. The number of aromatic nitrogens is 2. The van der Waals surface area contributed by atoms with E-state index < -0.39 is 0 Å². The van der Waals surface area contributed by atoms with Crippen LogP contribution in [-0.4, -0.2) is 15.7 Å². The summed E-state index contributed by atoms with van der Waals surface area (Å²) in [6, 6.07) is 4.94. The van der Waals surface area contributed by atoms with Crippen molar-refractivity contribution in [3.63, 3.8) is 0 Å². The third-order valence-corrected chi connectivity index (χ3v) is 3.63. The molecule has 0 saturated heterocycles. The smallest absolute Gasteiger partial charge is 0.229 e. The molecule has 1 N–H and O–H groups in total. The molecule has 1 heterocycles. The fraction of sp³-hybridized carbons (Fsp3) is 0.231. The predicted octanol–water partition coefficient (Wildman–Crippen LogP) is 4.12. The van der Waals surface area contributed by atoms with E-state index in [9.17, 15) is 4.79 Å². The zero-order valence-corrected chi connectivity index (χ0v) is 12.9. The van der Waals surface area contributed by atoms with E-state index in [0.29, 0.717) is 27.3 Å². The summed E-state index contributed by atoms with van der Waals surface area (Å²) in [5, 5.41) is 8.21. The van der Waals surface area contributed by atoms with Crippen molar-refractivity contribution < 1.29 is 4.79 Å². The van der Waals surface area contributed by atoms with Crippen molar-refractivity contribution in [3.8, 4) is 0 Å². The molecule has 106 valence electrons. The number of hydrogen-bond acceptors (Lipinski definition) is 2. The monoisotopic (exact) mass is 331 g/mol. The second kappa shape index (κ2) is 6.48. The SMILES string of the molecule is CC(Cn1cc(Cl)cn1)C(=O)Nc1ccc(Cl)c(Cl)c1. The molecule has 1 unspecified atom stereocenters. The Bertz CT molecular complexity index is 627. The minimum absolute atomic E-state index is 0.130. The molecular formula is C13H12Cl3N3O. The lowest BCUT2D eigenvalue weighted by atomic mass is 10.1. The highest BCUT2D eigenvalue weighted by molar-refractivity contribution is 6.42. The van der Waals surface area contributed by atoms with E-state index >= 15 is 0 Å². The van der Waals surface area contributed by atoms with Gasteiger partial charge in [0, 0.05) is 11.9 Å². The summed E-state index contributed by atoms with van der Waals surface area (Å²) in [5.74, 6) is -0.393. The maximum absolute atomic E-state index is 12.1. The lowest BCUT2D eigenvalue weighted by Gasteiger charge is -2.12. The minimum Gasteiger partial charge on any atom is -0.326 e. The lowest BCUT2D eigenvalue weighted by Crippen LogP contribution is -2.24. The molecule has 0 aliphatic heterocycles. The third kappa shape index (κ3) is 3.88. The van der Waals surface area contributed by atoms with Gasteiger partial charge >= 0.3 is 0 Å². The normalized spacial score (nSPS) is 12.2. The molecule has 4 nitrogen and oxygen atoms in total. The first-order valence-electron chi connectivity index (χ1n) is 5.89. The number of anilines is 1. The quantitative estimate of drug-likeness (QED) is 0.915. The molecule has 2 rings (SSSR count). The number of rotatable bonds is 4. The van der Waals surface area contributed by atoms with Crippen LogP contribution in [0.25, 0.3) is 0 Å². The predicted molar refractivity (Wildman–Crippen MR) is 81.5 cm³/mol. The van der Waals surface area contributed by atoms with Crippen LogP contribution in [0.5, 0.6) is 0 Å². The van der Waals surface area contributed by atoms with Crippen LogP contribution < -0.4 is 5.32 Å². The van der Waals surface area contributed by atoms with Crippen LogP contribution in [0, 0.1) is 5.92 Å². The Morgan fingerprint density at radius 1 is 1.35 bits per heavy atom. The number of nitrogens with one attached hydrogen (secondary N) is 1. The topological polar surface area (TPSA) is 46.9 Å². The first-order valence-corrected chi connectivity index (χ1v) is 7.03. The Balaban J connectivity index is 1.98. The number of amides is 1. The lowest BCUT2D eigenvalue weighted by molar-refractivity contribution is -0.119. The summed E-state index contributed by atoms with van der Waals surface area (Å²) in [5.41, 5.74) is 0.606. The van der Waals surface area contributed by atoms with E-state index in [1.807, 2.05) is 6.92 Å². The van der Waals surface area contributed by atoms with Crippen molar-refractivity contribution in [2.75, 3.05) is 5.32 Å². The van der Waals surface area contributed by atoms with Crippen molar-refractivity contribution >= 4 is 46.4 Å². The zero-order valence-electron chi connectivity index (χ0n) is 10.6. The number of halogens is 3. The highest BCUT2D eigenvalue weighted by atomic mass is 35.5. The second-order valence-corrected chi connectivity index (χ2v) is 5.65. The Labute approximate surface area is 131 Å². The summed E-state index contributed by atoms with van der Waals surface area (Å²) < 4.78 is 1.63. The Hall–Kier alpha value is -1.23. The fourth-order valence-electron chi connectivity index (χ4n) is 1.64. The number of carbonyl (C=O) groups is 1. The van der Waals surface area contributed by atoms with Gasteiger partial charge in [0.2, 0.25) is 5.91 Å². The molecule has 0 fully saturated rings. The van der Waals surface area contributed by atoms with Crippen molar-refractivity contribution in [1.29, 1.82) is 0 Å². The van der Waals surface area contributed by atoms with Gasteiger partial charge in [-0.15, -0.1) is 0 Å². The summed E-state index contributed by atoms with van der Waals surface area (Å²) in [4.78, 5) is 12.1. The summed E-state index contributed by atoms with van der Waals surface area (Å²) in [6.45, 7) is 2.25. The van der Waals surface area contributed by atoms with Gasteiger partial charge in [-0.2, -0.15) is 5.10 Å². The molecule has 20 heavy (non-hydrogen) atoms. The molecule has 1 amide bonds. The first-order chi connectivity index (χ1) is 9.45. The minimum atomic E-state index is -0.263. The van der Waals surface area contributed by atoms with Crippen LogP contribution in [0.2, 0.25) is 15.1 Å². The molecular weight excluding hydrogens is 321 g/mol. The zero-order chi connectivity index (χ0) is 14.7. The van der Waals surface area contributed by atoms with E-state index in [4.69, 9.17) is 34.8 Å². The van der Waals surface area contributed by atoms with Crippen molar-refractivity contribution in [3.05, 3.63) is 45.7 Å².